The van der Waals surface area contributed by atoms with Gasteiger partial charge in [-0.05, 0) is 42.3 Å². The maximum Gasteiger partial charge on any atom is 0.257 e. The summed E-state index contributed by atoms with van der Waals surface area (Å²) in [5.74, 6) is -0.702. The molecule has 0 fully saturated rings. The van der Waals surface area contributed by atoms with Gasteiger partial charge in [-0.1, -0.05) is 38.3 Å². The summed E-state index contributed by atoms with van der Waals surface area (Å²) < 4.78 is 1.37. The van der Waals surface area contributed by atoms with Gasteiger partial charge in [0.15, 0.2) is 17.1 Å². The van der Waals surface area contributed by atoms with Gasteiger partial charge in [0.2, 0.25) is 0 Å². The molecule has 0 spiro atoms. The summed E-state index contributed by atoms with van der Waals surface area (Å²) in [6, 6.07) is 11.7. The van der Waals surface area contributed by atoms with Crippen LogP contribution in [0.2, 0.25) is 0 Å². The SMILES string of the molecule is CCCCCCNC(=O)c1c(N)n(/N=C\c2ccc(O)c(O)c2)c2nc3ccccc3nc12. The first kappa shape index (κ1) is 22.1. The van der Waals surface area contributed by atoms with Crippen LogP contribution in [0.3, 0.4) is 0 Å². The van der Waals surface area contributed by atoms with Crippen LogP contribution >= 0.6 is 0 Å². The van der Waals surface area contributed by atoms with Gasteiger partial charge in [-0.2, -0.15) is 9.78 Å². The van der Waals surface area contributed by atoms with Crippen molar-refractivity contribution in [1.29, 1.82) is 0 Å². The Kier molecular flexibility index (Phi) is 6.39. The van der Waals surface area contributed by atoms with Gasteiger partial charge in [0.1, 0.15) is 16.9 Å². The van der Waals surface area contributed by atoms with Gasteiger partial charge < -0.3 is 21.3 Å². The number of nitrogens with zero attached hydrogens (tertiary/aromatic N) is 4. The molecular formula is C24H26N6O3. The fourth-order valence-electron chi connectivity index (χ4n) is 3.58. The topological polar surface area (TPSA) is 139 Å². The zero-order chi connectivity index (χ0) is 23.4. The molecule has 0 radical (unpaired) electrons. The normalized spacial score (nSPS) is 11.5. The minimum atomic E-state index is -0.324. The van der Waals surface area contributed by atoms with Crippen LogP contribution in [0.5, 0.6) is 11.5 Å². The van der Waals surface area contributed by atoms with Gasteiger partial charge in [0.05, 0.1) is 17.2 Å². The number of para-hydroxylation sites is 2. The van der Waals surface area contributed by atoms with Gasteiger partial charge >= 0.3 is 0 Å². The van der Waals surface area contributed by atoms with E-state index in [2.05, 4.69) is 27.3 Å². The summed E-state index contributed by atoms with van der Waals surface area (Å²) in [5.41, 5.74) is 9.13. The van der Waals surface area contributed by atoms with Crippen molar-refractivity contribution >= 4 is 40.1 Å². The Bertz CT molecular complexity index is 1350. The number of aromatic nitrogens is 3. The molecule has 2 aromatic carbocycles. The molecule has 4 rings (SSSR count). The largest absolute Gasteiger partial charge is 0.504 e. The first-order valence-electron chi connectivity index (χ1n) is 10.9. The van der Waals surface area contributed by atoms with Crippen molar-refractivity contribution < 1.29 is 15.0 Å². The summed E-state index contributed by atoms with van der Waals surface area (Å²) in [7, 11) is 0. The molecule has 2 aromatic heterocycles. The van der Waals surface area contributed by atoms with Crippen LogP contribution in [0.15, 0.2) is 47.6 Å². The van der Waals surface area contributed by atoms with Crippen LogP contribution < -0.4 is 11.1 Å². The van der Waals surface area contributed by atoms with Gasteiger partial charge in [-0.3, -0.25) is 4.79 Å². The molecular weight excluding hydrogens is 420 g/mol. The van der Waals surface area contributed by atoms with Gasteiger partial charge in [0.25, 0.3) is 5.91 Å². The highest BCUT2D eigenvalue weighted by molar-refractivity contribution is 6.10. The number of amides is 1. The number of anilines is 1. The van der Waals surface area contributed by atoms with E-state index in [0.29, 0.717) is 34.3 Å². The Morgan fingerprint density at radius 3 is 2.58 bits per heavy atom. The number of hydrogen-bond acceptors (Lipinski definition) is 7. The minimum Gasteiger partial charge on any atom is -0.504 e. The molecule has 2 heterocycles. The number of unbranched alkanes of at least 4 members (excludes halogenated alkanes) is 3. The van der Waals surface area contributed by atoms with E-state index < -0.39 is 0 Å². The van der Waals surface area contributed by atoms with E-state index in [-0.39, 0.29) is 28.8 Å². The molecule has 0 atom stereocenters. The summed E-state index contributed by atoms with van der Waals surface area (Å²) >= 11 is 0. The summed E-state index contributed by atoms with van der Waals surface area (Å²) in [6.45, 7) is 2.68. The summed E-state index contributed by atoms with van der Waals surface area (Å²) in [5, 5.41) is 26.6. The number of nitrogen functional groups attached to an aromatic ring is 1. The van der Waals surface area contributed by atoms with Crippen molar-refractivity contribution in [3.05, 3.63) is 53.6 Å². The second-order valence-electron chi connectivity index (χ2n) is 7.77. The molecule has 9 nitrogen and oxygen atoms in total. The van der Waals surface area contributed by atoms with E-state index in [0.717, 1.165) is 25.7 Å². The number of nitrogens with two attached hydrogens (primary N) is 1. The fourth-order valence-corrected chi connectivity index (χ4v) is 3.58. The van der Waals surface area contributed by atoms with E-state index in [1.165, 1.54) is 23.0 Å². The van der Waals surface area contributed by atoms with Crippen molar-refractivity contribution in [2.75, 3.05) is 12.3 Å². The number of hydrogen-bond donors (Lipinski definition) is 4. The average molecular weight is 447 g/mol. The van der Waals surface area contributed by atoms with Crippen LogP contribution in [0.4, 0.5) is 5.82 Å². The number of benzene rings is 2. The molecule has 0 saturated heterocycles. The zero-order valence-corrected chi connectivity index (χ0v) is 18.3. The van der Waals surface area contributed by atoms with Crippen molar-refractivity contribution in [3.63, 3.8) is 0 Å². The Hall–Kier alpha value is -4.14. The van der Waals surface area contributed by atoms with E-state index in [1.807, 2.05) is 24.3 Å². The van der Waals surface area contributed by atoms with Crippen molar-refractivity contribution in [2.24, 2.45) is 5.10 Å². The maximum absolute atomic E-state index is 13.0. The summed E-state index contributed by atoms with van der Waals surface area (Å²) in [4.78, 5) is 22.3. The molecule has 0 aliphatic heterocycles. The minimum absolute atomic E-state index is 0.116. The second-order valence-corrected chi connectivity index (χ2v) is 7.77. The molecule has 0 aliphatic carbocycles. The van der Waals surface area contributed by atoms with Gasteiger partial charge in [-0.15, -0.1) is 0 Å². The maximum atomic E-state index is 13.0. The fraction of sp³-hybridized carbons (Fsp3) is 0.250. The molecule has 33 heavy (non-hydrogen) atoms. The molecule has 0 aliphatic rings. The smallest absolute Gasteiger partial charge is 0.257 e. The standard InChI is InChI=1S/C24H26N6O3/c1-2-3-4-7-12-26-24(33)20-21-23(29-17-9-6-5-8-16(17)28-21)30(22(20)25)27-14-15-10-11-18(31)19(32)13-15/h5-6,8-11,13-14,31-32H,2-4,7,12,25H2,1H3,(H,26,33)/b27-14-. The molecule has 1 amide bonds. The number of carbonyl (C=O) groups excluding carboxylic acids is 1. The molecule has 5 N–H and O–H groups in total. The van der Waals surface area contributed by atoms with E-state index >= 15 is 0 Å². The Morgan fingerprint density at radius 1 is 1.09 bits per heavy atom. The number of phenolic OH excluding ortho intramolecular Hbond substituents is 2. The van der Waals surface area contributed by atoms with Gasteiger partial charge in [-0.25, -0.2) is 9.97 Å². The number of fused-ring (bicyclic) bond motifs is 2. The van der Waals surface area contributed by atoms with E-state index in [9.17, 15) is 15.0 Å². The Balaban J connectivity index is 1.76. The van der Waals surface area contributed by atoms with Crippen molar-refractivity contribution in [2.45, 2.75) is 32.6 Å². The Morgan fingerprint density at radius 2 is 1.85 bits per heavy atom. The number of phenols is 2. The molecule has 0 bridgehead atoms. The summed E-state index contributed by atoms with van der Waals surface area (Å²) in [6.07, 6.45) is 5.62. The Labute approximate surface area is 190 Å². The molecule has 0 unspecified atom stereocenters. The lowest BCUT2D eigenvalue weighted by Gasteiger charge is -2.05. The van der Waals surface area contributed by atoms with Crippen LogP contribution in [0, 0.1) is 0 Å². The third kappa shape index (κ3) is 4.57. The first-order valence-corrected chi connectivity index (χ1v) is 10.9. The van der Waals surface area contributed by atoms with Crippen LogP contribution in [-0.4, -0.2) is 43.5 Å². The molecule has 9 heteroatoms. The van der Waals surface area contributed by atoms with Gasteiger partial charge in [0, 0.05) is 6.54 Å². The highest BCUT2D eigenvalue weighted by Crippen LogP contribution is 2.28. The average Bonchev–Trinajstić information content (AvgIpc) is 3.08. The first-order chi connectivity index (χ1) is 16.0. The number of aromatic hydroxyl groups is 2. The molecule has 170 valence electrons. The molecule has 0 saturated carbocycles. The lowest BCUT2D eigenvalue weighted by Crippen LogP contribution is -2.25. The quantitative estimate of drug-likeness (QED) is 0.185. The number of carbonyl (C=O) groups is 1. The highest BCUT2D eigenvalue weighted by atomic mass is 16.3. The van der Waals surface area contributed by atoms with Crippen LogP contribution in [0.25, 0.3) is 22.2 Å². The van der Waals surface area contributed by atoms with Crippen LogP contribution in [0.1, 0.15) is 48.5 Å². The monoisotopic (exact) mass is 446 g/mol. The van der Waals surface area contributed by atoms with Crippen molar-refractivity contribution in [1.82, 2.24) is 20.0 Å². The third-order valence-electron chi connectivity index (χ3n) is 5.34. The lowest BCUT2D eigenvalue weighted by molar-refractivity contribution is 0.0955. The number of nitrogens with one attached hydrogen (secondary N) is 1. The predicted molar refractivity (Wildman–Crippen MR) is 129 cm³/mol. The zero-order valence-electron chi connectivity index (χ0n) is 18.3. The third-order valence-corrected chi connectivity index (χ3v) is 5.34. The predicted octanol–water partition coefficient (Wildman–Crippen LogP) is 3.77. The van der Waals surface area contributed by atoms with Crippen molar-refractivity contribution in [3.8, 4) is 11.5 Å². The lowest BCUT2D eigenvalue weighted by atomic mass is 10.2. The van der Waals surface area contributed by atoms with Crippen LogP contribution in [-0.2, 0) is 0 Å². The number of rotatable bonds is 8. The van der Waals surface area contributed by atoms with E-state index in [4.69, 9.17) is 5.73 Å². The second kappa shape index (κ2) is 9.56. The van der Waals surface area contributed by atoms with E-state index in [1.54, 1.807) is 6.07 Å². The highest BCUT2D eigenvalue weighted by Gasteiger charge is 2.23. The molecule has 4 aromatic rings.